The van der Waals surface area contributed by atoms with Gasteiger partial charge in [-0.3, -0.25) is 0 Å². The maximum atomic E-state index is 13.6. The number of aryl methyl sites for hydroxylation is 1. The van der Waals surface area contributed by atoms with Crippen LogP contribution in [0.3, 0.4) is 0 Å². The van der Waals surface area contributed by atoms with Crippen LogP contribution in [0.5, 0.6) is 0 Å². The Morgan fingerprint density at radius 2 is 2.15 bits per heavy atom. The van der Waals surface area contributed by atoms with Gasteiger partial charge in [0, 0.05) is 30.5 Å². The van der Waals surface area contributed by atoms with Crippen LogP contribution in [-0.4, -0.2) is 16.1 Å². The van der Waals surface area contributed by atoms with Crippen molar-refractivity contribution >= 4 is 0 Å². The van der Waals surface area contributed by atoms with Gasteiger partial charge in [0.15, 0.2) is 0 Å². The summed E-state index contributed by atoms with van der Waals surface area (Å²) in [4.78, 5) is 4.42. The summed E-state index contributed by atoms with van der Waals surface area (Å²) in [5.41, 5.74) is 1.95. The number of nitrogens with one attached hydrogen (secondary N) is 1. The maximum absolute atomic E-state index is 13.6. The molecule has 108 valence electrons. The van der Waals surface area contributed by atoms with E-state index in [1.165, 1.54) is 6.07 Å². The lowest BCUT2D eigenvalue weighted by molar-refractivity contribution is 0.591. The standard InChI is InChI=1S/C16H22FN3/c1-4-9-20-10-8-19-16(20)15-11-13(17)6-7-14(15)12(3)18-5-2/h6-8,10-12,18H,4-5,9H2,1-3H3. The molecule has 0 fully saturated rings. The summed E-state index contributed by atoms with van der Waals surface area (Å²) in [7, 11) is 0. The normalized spacial score (nSPS) is 12.6. The highest BCUT2D eigenvalue weighted by Gasteiger charge is 2.15. The number of benzene rings is 1. The molecule has 0 spiro atoms. The molecule has 0 aliphatic rings. The Balaban J connectivity index is 2.48. The average molecular weight is 275 g/mol. The second-order valence-corrected chi connectivity index (χ2v) is 4.96. The molecule has 0 radical (unpaired) electrons. The Bertz CT molecular complexity index is 563. The molecule has 1 aromatic heterocycles. The van der Waals surface area contributed by atoms with E-state index < -0.39 is 0 Å². The van der Waals surface area contributed by atoms with Gasteiger partial charge in [-0.25, -0.2) is 9.37 Å². The first-order valence-electron chi connectivity index (χ1n) is 7.21. The summed E-state index contributed by atoms with van der Waals surface area (Å²) in [5.74, 6) is 0.615. The topological polar surface area (TPSA) is 29.9 Å². The van der Waals surface area contributed by atoms with Gasteiger partial charge in [-0.1, -0.05) is 19.9 Å². The molecule has 1 atom stereocenters. The van der Waals surface area contributed by atoms with E-state index in [0.29, 0.717) is 0 Å². The third kappa shape index (κ3) is 3.07. The van der Waals surface area contributed by atoms with Crippen molar-refractivity contribution in [3.63, 3.8) is 0 Å². The van der Waals surface area contributed by atoms with Crippen LogP contribution in [0.2, 0.25) is 0 Å². The van der Waals surface area contributed by atoms with Gasteiger partial charge in [-0.15, -0.1) is 0 Å². The highest BCUT2D eigenvalue weighted by molar-refractivity contribution is 5.62. The average Bonchev–Trinajstić information content (AvgIpc) is 2.87. The highest BCUT2D eigenvalue weighted by atomic mass is 19.1. The molecule has 0 saturated heterocycles. The van der Waals surface area contributed by atoms with Gasteiger partial charge in [0.05, 0.1) is 0 Å². The van der Waals surface area contributed by atoms with Crippen LogP contribution in [0.4, 0.5) is 4.39 Å². The summed E-state index contributed by atoms with van der Waals surface area (Å²) in [6.45, 7) is 8.05. The molecule has 2 rings (SSSR count). The van der Waals surface area contributed by atoms with Gasteiger partial charge >= 0.3 is 0 Å². The summed E-state index contributed by atoms with van der Waals surface area (Å²) in [5, 5.41) is 3.38. The highest BCUT2D eigenvalue weighted by Crippen LogP contribution is 2.28. The Labute approximate surface area is 119 Å². The van der Waals surface area contributed by atoms with Crippen molar-refractivity contribution in [2.75, 3.05) is 6.54 Å². The molecule has 1 unspecified atom stereocenters. The minimum Gasteiger partial charge on any atom is -0.331 e. The smallest absolute Gasteiger partial charge is 0.140 e. The molecule has 1 heterocycles. The molecule has 1 N–H and O–H groups in total. The van der Waals surface area contributed by atoms with Crippen LogP contribution in [0.1, 0.15) is 38.8 Å². The van der Waals surface area contributed by atoms with Crippen molar-refractivity contribution in [3.05, 3.63) is 42.0 Å². The Hall–Kier alpha value is -1.68. The third-order valence-electron chi connectivity index (χ3n) is 3.41. The molecule has 0 saturated carbocycles. The van der Waals surface area contributed by atoms with Crippen LogP contribution in [0, 0.1) is 5.82 Å². The van der Waals surface area contributed by atoms with Crippen molar-refractivity contribution < 1.29 is 4.39 Å². The van der Waals surface area contributed by atoms with E-state index in [1.807, 2.05) is 12.3 Å². The lowest BCUT2D eigenvalue weighted by Gasteiger charge is -2.18. The predicted octanol–water partition coefficient (Wildman–Crippen LogP) is 3.77. The summed E-state index contributed by atoms with van der Waals surface area (Å²) >= 11 is 0. The first-order valence-corrected chi connectivity index (χ1v) is 7.21. The van der Waals surface area contributed by atoms with E-state index in [-0.39, 0.29) is 11.9 Å². The second kappa shape index (κ2) is 6.66. The first kappa shape index (κ1) is 14.7. The van der Waals surface area contributed by atoms with Crippen molar-refractivity contribution in [1.29, 1.82) is 0 Å². The van der Waals surface area contributed by atoms with E-state index in [4.69, 9.17) is 0 Å². The van der Waals surface area contributed by atoms with Gasteiger partial charge in [-0.05, 0) is 37.6 Å². The fourth-order valence-electron chi connectivity index (χ4n) is 2.49. The molecular formula is C16H22FN3. The van der Waals surface area contributed by atoms with Crippen LogP contribution in [-0.2, 0) is 6.54 Å². The number of halogens is 1. The molecule has 0 amide bonds. The number of hydrogen-bond acceptors (Lipinski definition) is 2. The third-order valence-corrected chi connectivity index (χ3v) is 3.41. The zero-order valence-electron chi connectivity index (χ0n) is 12.4. The van der Waals surface area contributed by atoms with E-state index in [0.717, 1.165) is 36.5 Å². The van der Waals surface area contributed by atoms with Crippen LogP contribution in [0.15, 0.2) is 30.6 Å². The monoisotopic (exact) mass is 275 g/mol. The van der Waals surface area contributed by atoms with Gasteiger partial charge in [0.25, 0.3) is 0 Å². The Kier molecular flexibility index (Phi) is 4.90. The van der Waals surface area contributed by atoms with Gasteiger partial charge < -0.3 is 9.88 Å². The van der Waals surface area contributed by atoms with Crippen molar-refractivity contribution in [2.24, 2.45) is 0 Å². The maximum Gasteiger partial charge on any atom is 0.140 e. The van der Waals surface area contributed by atoms with Gasteiger partial charge in [0.2, 0.25) is 0 Å². The fraction of sp³-hybridized carbons (Fsp3) is 0.438. The van der Waals surface area contributed by atoms with Crippen molar-refractivity contribution in [1.82, 2.24) is 14.9 Å². The number of rotatable bonds is 6. The number of nitrogens with zero attached hydrogens (tertiary/aromatic N) is 2. The largest absolute Gasteiger partial charge is 0.331 e. The predicted molar refractivity (Wildman–Crippen MR) is 80.0 cm³/mol. The van der Waals surface area contributed by atoms with E-state index in [2.05, 4.69) is 35.6 Å². The Morgan fingerprint density at radius 1 is 1.35 bits per heavy atom. The molecular weight excluding hydrogens is 253 g/mol. The molecule has 4 heteroatoms. The Morgan fingerprint density at radius 3 is 2.85 bits per heavy atom. The molecule has 2 aromatic rings. The molecule has 0 bridgehead atoms. The van der Waals surface area contributed by atoms with Gasteiger partial charge in [0.1, 0.15) is 11.6 Å². The molecule has 20 heavy (non-hydrogen) atoms. The molecule has 0 aliphatic carbocycles. The zero-order chi connectivity index (χ0) is 14.5. The number of imidazole rings is 1. The zero-order valence-corrected chi connectivity index (χ0v) is 12.4. The number of hydrogen-bond donors (Lipinski definition) is 1. The second-order valence-electron chi connectivity index (χ2n) is 4.96. The quantitative estimate of drug-likeness (QED) is 0.869. The van der Waals surface area contributed by atoms with Crippen LogP contribution < -0.4 is 5.32 Å². The van der Waals surface area contributed by atoms with Crippen LogP contribution in [0.25, 0.3) is 11.4 Å². The molecule has 3 nitrogen and oxygen atoms in total. The SMILES string of the molecule is CCCn1ccnc1-c1cc(F)ccc1C(C)NCC. The lowest BCUT2D eigenvalue weighted by Crippen LogP contribution is -2.19. The van der Waals surface area contributed by atoms with E-state index in [9.17, 15) is 4.39 Å². The summed E-state index contributed by atoms with van der Waals surface area (Å²) in [6.07, 6.45) is 4.75. The minimum atomic E-state index is -0.224. The molecule has 0 aliphatic heterocycles. The van der Waals surface area contributed by atoms with E-state index in [1.54, 1.807) is 12.3 Å². The summed E-state index contributed by atoms with van der Waals surface area (Å²) < 4.78 is 15.7. The fourth-order valence-corrected chi connectivity index (χ4v) is 2.49. The molecule has 1 aromatic carbocycles. The van der Waals surface area contributed by atoms with Crippen molar-refractivity contribution in [2.45, 2.75) is 39.8 Å². The van der Waals surface area contributed by atoms with Gasteiger partial charge in [-0.2, -0.15) is 0 Å². The van der Waals surface area contributed by atoms with E-state index >= 15 is 0 Å². The number of aromatic nitrogens is 2. The van der Waals surface area contributed by atoms with Crippen LogP contribution >= 0.6 is 0 Å². The first-order chi connectivity index (χ1) is 9.67. The van der Waals surface area contributed by atoms with Crippen molar-refractivity contribution in [3.8, 4) is 11.4 Å². The minimum absolute atomic E-state index is 0.169. The summed E-state index contributed by atoms with van der Waals surface area (Å²) in [6, 6.07) is 5.11. The lowest BCUT2D eigenvalue weighted by atomic mass is 10.0.